The third-order valence-electron chi connectivity index (χ3n) is 7.60. The van der Waals surface area contributed by atoms with Crippen LogP contribution in [0.5, 0.6) is 0 Å². The van der Waals surface area contributed by atoms with Gasteiger partial charge < -0.3 is 4.42 Å². The van der Waals surface area contributed by atoms with Gasteiger partial charge in [-0.25, -0.2) is 4.57 Å². The summed E-state index contributed by atoms with van der Waals surface area (Å²) in [5.74, 6) is 0. The molecule has 0 saturated heterocycles. The average Bonchev–Trinajstić information content (AvgIpc) is 3.29. The lowest BCUT2D eigenvalue weighted by molar-refractivity contribution is -0.660. The molecule has 2 heteroatoms. The summed E-state index contributed by atoms with van der Waals surface area (Å²) in [4.78, 5) is 0. The lowest BCUT2D eigenvalue weighted by Crippen LogP contribution is -2.30. The van der Waals surface area contributed by atoms with Crippen molar-refractivity contribution in [3.63, 3.8) is 0 Å². The van der Waals surface area contributed by atoms with Gasteiger partial charge in [0.15, 0.2) is 6.20 Å². The van der Waals surface area contributed by atoms with Gasteiger partial charge in [-0.05, 0) is 35.2 Å². The number of aryl methyl sites for hydroxylation is 2. The molecule has 2 aromatic heterocycles. The smallest absolute Gasteiger partial charge is 0.216 e. The molecule has 0 unspecified atom stereocenters. The molecule has 0 amide bonds. The number of nitrogens with zero attached hydrogens (tertiary/aromatic N) is 1. The number of aromatic nitrogens is 1. The number of benzene rings is 4. The summed E-state index contributed by atoms with van der Waals surface area (Å²) in [7, 11) is 2.08. The van der Waals surface area contributed by atoms with E-state index in [1.54, 1.807) is 0 Å². The van der Waals surface area contributed by atoms with Crippen LogP contribution in [0.2, 0.25) is 0 Å². The highest BCUT2D eigenvalue weighted by Gasteiger charge is 2.24. The topological polar surface area (TPSA) is 17.0 Å². The minimum Gasteiger partial charge on any atom is -0.454 e. The van der Waals surface area contributed by atoms with E-state index < -0.39 is 0 Å². The van der Waals surface area contributed by atoms with Crippen molar-refractivity contribution in [2.75, 3.05) is 0 Å². The molecular weight excluding hydrogens is 438 g/mol. The zero-order valence-corrected chi connectivity index (χ0v) is 21.2. The van der Waals surface area contributed by atoms with E-state index in [0.29, 0.717) is 0 Å². The number of rotatable bonds is 4. The van der Waals surface area contributed by atoms with Crippen LogP contribution in [0.25, 0.3) is 44.3 Å². The van der Waals surface area contributed by atoms with Gasteiger partial charge >= 0.3 is 0 Å². The highest BCUT2D eigenvalue weighted by Crippen LogP contribution is 2.41. The van der Waals surface area contributed by atoms with Crippen molar-refractivity contribution in [3.05, 3.63) is 126 Å². The van der Waals surface area contributed by atoms with Crippen LogP contribution in [-0.4, -0.2) is 0 Å². The lowest BCUT2D eigenvalue weighted by atomic mass is 9.78. The van der Waals surface area contributed by atoms with Crippen molar-refractivity contribution in [2.45, 2.75) is 26.2 Å². The molecule has 6 aromatic rings. The van der Waals surface area contributed by atoms with Crippen molar-refractivity contribution in [1.29, 1.82) is 0 Å². The van der Waals surface area contributed by atoms with Crippen LogP contribution in [-0.2, 0) is 12.5 Å². The van der Waals surface area contributed by atoms with Crippen molar-refractivity contribution in [3.8, 4) is 22.4 Å². The van der Waals surface area contributed by atoms with E-state index >= 15 is 0 Å². The minimum atomic E-state index is -0.0667. The Bertz CT molecular complexity index is 1710. The van der Waals surface area contributed by atoms with Crippen LogP contribution >= 0.6 is 0 Å². The highest BCUT2D eigenvalue weighted by molar-refractivity contribution is 6.13. The number of hydrogen-bond acceptors (Lipinski definition) is 1. The Morgan fingerprint density at radius 1 is 0.639 bits per heavy atom. The van der Waals surface area contributed by atoms with Gasteiger partial charge in [0.25, 0.3) is 0 Å². The SMILES string of the molecule is Cc1ccc2c(oc3c(-c4ccc(C(C)(C)c5ccccc5)cc4)cccc32)c1-c1cccc[n+]1C. The molecule has 0 aliphatic carbocycles. The molecular formula is C34H30NO+. The summed E-state index contributed by atoms with van der Waals surface area (Å²) in [6.07, 6.45) is 2.08. The monoisotopic (exact) mass is 468 g/mol. The Balaban J connectivity index is 1.50. The van der Waals surface area contributed by atoms with Crippen LogP contribution in [0.15, 0.2) is 114 Å². The largest absolute Gasteiger partial charge is 0.454 e. The van der Waals surface area contributed by atoms with Gasteiger partial charge in [0.2, 0.25) is 5.69 Å². The van der Waals surface area contributed by atoms with E-state index in [1.165, 1.54) is 16.7 Å². The van der Waals surface area contributed by atoms with E-state index in [4.69, 9.17) is 4.42 Å². The van der Waals surface area contributed by atoms with Gasteiger partial charge in [-0.2, -0.15) is 0 Å². The fourth-order valence-electron chi connectivity index (χ4n) is 5.38. The second-order valence-electron chi connectivity index (χ2n) is 10.2. The van der Waals surface area contributed by atoms with Crippen LogP contribution in [0.4, 0.5) is 0 Å². The molecule has 0 aliphatic rings. The molecule has 6 rings (SSSR count). The Labute approximate surface area is 212 Å². The summed E-state index contributed by atoms with van der Waals surface area (Å²) in [5.41, 5.74) is 10.2. The second-order valence-corrected chi connectivity index (χ2v) is 10.2. The average molecular weight is 469 g/mol. The normalized spacial score (nSPS) is 11.9. The summed E-state index contributed by atoms with van der Waals surface area (Å²) >= 11 is 0. The first-order chi connectivity index (χ1) is 17.4. The van der Waals surface area contributed by atoms with Gasteiger partial charge in [-0.1, -0.05) is 98.8 Å². The zero-order valence-electron chi connectivity index (χ0n) is 21.2. The summed E-state index contributed by atoms with van der Waals surface area (Å²) < 4.78 is 8.87. The van der Waals surface area contributed by atoms with Crippen molar-refractivity contribution < 1.29 is 8.98 Å². The molecule has 36 heavy (non-hydrogen) atoms. The molecule has 0 atom stereocenters. The molecule has 0 N–H and O–H groups in total. The van der Waals surface area contributed by atoms with E-state index in [0.717, 1.165) is 44.3 Å². The molecule has 4 aromatic carbocycles. The zero-order chi connectivity index (χ0) is 24.9. The van der Waals surface area contributed by atoms with Crippen LogP contribution in [0.3, 0.4) is 0 Å². The minimum absolute atomic E-state index is 0.0667. The highest BCUT2D eigenvalue weighted by atomic mass is 16.3. The standard InChI is InChI=1S/C34H30NO/c1-23-16-21-29-28-14-10-13-27(32(28)36-33(29)31(23)30-15-8-9-22-35(30)4)24-17-19-26(20-18-24)34(2,3)25-11-6-5-7-12-25/h5-22H,1-4H3/q+1. The van der Waals surface area contributed by atoms with Crippen LogP contribution in [0, 0.1) is 6.92 Å². The summed E-state index contributed by atoms with van der Waals surface area (Å²) in [5, 5.41) is 2.30. The molecule has 0 fully saturated rings. The van der Waals surface area contributed by atoms with Gasteiger partial charge in [-0.15, -0.1) is 0 Å². The van der Waals surface area contributed by atoms with Gasteiger partial charge in [-0.3, -0.25) is 0 Å². The van der Waals surface area contributed by atoms with Crippen molar-refractivity contribution >= 4 is 21.9 Å². The summed E-state index contributed by atoms with van der Waals surface area (Å²) in [6.45, 7) is 6.72. The first-order valence-corrected chi connectivity index (χ1v) is 12.5. The van der Waals surface area contributed by atoms with Gasteiger partial charge in [0.1, 0.15) is 18.2 Å². The number of pyridine rings is 1. The molecule has 0 aliphatic heterocycles. The maximum absolute atomic E-state index is 6.71. The van der Waals surface area contributed by atoms with E-state index in [2.05, 4.69) is 142 Å². The van der Waals surface area contributed by atoms with Crippen molar-refractivity contribution in [2.24, 2.45) is 7.05 Å². The number of furan rings is 1. The maximum atomic E-state index is 6.71. The van der Waals surface area contributed by atoms with Gasteiger partial charge in [0, 0.05) is 33.9 Å². The molecule has 176 valence electrons. The Hall–Kier alpha value is -4.17. The van der Waals surface area contributed by atoms with E-state index in [9.17, 15) is 0 Å². The summed E-state index contributed by atoms with van der Waals surface area (Å²) in [6, 6.07) is 36.8. The van der Waals surface area contributed by atoms with E-state index in [-0.39, 0.29) is 5.41 Å². The Kier molecular flexibility index (Phi) is 5.26. The lowest BCUT2D eigenvalue weighted by Gasteiger charge is -2.26. The van der Waals surface area contributed by atoms with Gasteiger partial charge in [0.05, 0.1) is 5.56 Å². The third-order valence-corrected chi connectivity index (χ3v) is 7.60. The molecule has 0 bridgehead atoms. The quantitative estimate of drug-likeness (QED) is 0.237. The Morgan fingerprint density at radius 2 is 1.33 bits per heavy atom. The predicted octanol–water partition coefficient (Wildman–Crippen LogP) is 8.38. The van der Waals surface area contributed by atoms with E-state index in [1.807, 2.05) is 0 Å². The van der Waals surface area contributed by atoms with Crippen LogP contribution < -0.4 is 4.57 Å². The third kappa shape index (κ3) is 3.53. The molecule has 2 heterocycles. The first-order valence-electron chi connectivity index (χ1n) is 12.5. The molecule has 0 saturated carbocycles. The van der Waals surface area contributed by atoms with Crippen molar-refractivity contribution in [1.82, 2.24) is 0 Å². The van der Waals surface area contributed by atoms with Crippen LogP contribution in [0.1, 0.15) is 30.5 Å². The number of para-hydroxylation sites is 1. The maximum Gasteiger partial charge on any atom is 0.216 e. The Morgan fingerprint density at radius 3 is 2.08 bits per heavy atom. The number of hydrogen-bond donors (Lipinski definition) is 0. The molecule has 0 spiro atoms. The fourth-order valence-corrected chi connectivity index (χ4v) is 5.38. The first kappa shape index (κ1) is 22.3. The molecule has 0 radical (unpaired) electrons. The predicted molar refractivity (Wildman–Crippen MR) is 149 cm³/mol. The molecule has 2 nitrogen and oxygen atoms in total. The fraction of sp³-hybridized carbons (Fsp3) is 0.147. The second kappa shape index (κ2) is 8.49. The number of fused-ring (bicyclic) bond motifs is 3.